The van der Waals surface area contributed by atoms with Gasteiger partial charge in [-0.15, -0.1) is 0 Å². The molecule has 1 aliphatic carbocycles. The molecular weight excluding hydrogens is 358 g/mol. The maximum Gasteiger partial charge on any atom is 0.243 e. The minimum atomic E-state index is -3.45. The first-order chi connectivity index (χ1) is 11.9. The monoisotopic (exact) mass is 381 g/mol. The third-order valence-electron chi connectivity index (χ3n) is 4.68. The minimum Gasteiger partial charge on any atom is -0.332 e. The van der Waals surface area contributed by atoms with Gasteiger partial charge in [0.05, 0.1) is 4.90 Å². The second-order valence-electron chi connectivity index (χ2n) is 6.83. The molecule has 136 valence electrons. The molecule has 25 heavy (non-hydrogen) atoms. The molecule has 2 N–H and O–H groups in total. The van der Waals surface area contributed by atoms with E-state index in [9.17, 15) is 13.2 Å². The Morgan fingerprint density at radius 3 is 2.28 bits per heavy atom. The first-order valence-electron chi connectivity index (χ1n) is 8.58. The van der Waals surface area contributed by atoms with Crippen LogP contribution in [0.1, 0.15) is 32.6 Å². The summed E-state index contributed by atoms with van der Waals surface area (Å²) in [5.41, 5.74) is 0.646. The highest BCUT2D eigenvalue weighted by Crippen LogP contribution is 2.28. The maximum atomic E-state index is 12.7. The molecular formula is C17H23N3O3S2. The van der Waals surface area contributed by atoms with Crippen LogP contribution in [0.25, 0.3) is 0 Å². The van der Waals surface area contributed by atoms with Crippen molar-refractivity contribution in [2.45, 2.75) is 37.5 Å². The average molecular weight is 382 g/mol. The Kier molecular flexibility index (Phi) is 5.41. The summed E-state index contributed by atoms with van der Waals surface area (Å²) in [6.45, 7) is 3.29. The molecule has 2 fully saturated rings. The van der Waals surface area contributed by atoms with Crippen molar-refractivity contribution in [1.29, 1.82) is 0 Å². The van der Waals surface area contributed by atoms with E-state index < -0.39 is 10.0 Å². The molecule has 1 saturated carbocycles. The van der Waals surface area contributed by atoms with E-state index in [2.05, 4.69) is 17.6 Å². The smallest absolute Gasteiger partial charge is 0.243 e. The molecule has 3 rings (SSSR count). The quantitative estimate of drug-likeness (QED) is 0.783. The number of rotatable bonds is 4. The summed E-state index contributed by atoms with van der Waals surface area (Å²) in [6.07, 6.45) is 3.62. The number of amides is 1. The number of piperidine rings is 1. The zero-order valence-corrected chi connectivity index (χ0v) is 15.8. The van der Waals surface area contributed by atoms with Crippen molar-refractivity contribution in [3.63, 3.8) is 0 Å². The maximum absolute atomic E-state index is 12.7. The molecule has 0 radical (unpaired) electrons. The molecule has 0 atom stereocenters. The average Bonchev–Trinajstić information content (AvgIpc) is 3.40. The largest absolute Gasteiger partial charge is 0.332 e. The Hall–Kier alpha value is -1.51. The lowest BCUT2D eigenvalue weighted by Crippen LogP contribution is -2.37. The van der Waals surface area contributed by atoms with Crippen LogP contribution in [0.3, 0.4) is 0 Å². The van der Waals surface area contributed by atoms with E-state index >= 15 is 0 Å². The Labute approximate surface area is 154 Å². The highest BCUT2D eigenvalue weighted by Gasteiger charge is 2.30. The van der Waals surface area contributed by atoms with E-state index in [0.29, 0.717) is 24.7 Å². The summed E-state index contributed by atoms with van der Waals surface area (Å²) in [5, 5.41) is 5.79. The van der Waals surface area contributed by atoms with Crippen LogP contribution in [0.5, 0.6) is 0 Å². The molecule has 6 nitrogen and oxygen atoms in total. The molecule has 1 aromatic carbocycles. The molecule has 1 heterocycles. The van der Waals surface area contributed by atoms with Crippen LogP contribution in [0.15, 0.2) is 29.2 Å². The number of nitrogens with zero attached hydrogens (tertiary/aromatic N) is 1. The Bertz CT molecular complexity index is 750. The van der Waals surface area contributed by atoms with Crippen LogP contribution in [0.4, 0.5) is 5.69 Å². The molecule has 1 aliphatic heterocycles. The zero-order valence-electron chi connectivity index (χ0n) is 14.2. The Morgan fingerprint density at radius 1 is 1.12 bits per heavy atom. The Balaban J connectivity index is 1.61. The lowest BCUT2D eigenvalue weighted by Gasteiger charge is -2.29. The normalized spacial score (nSPS) is 19.4. The van der Waals surface area contributed by atoms with Gasteiger partial charge in [0, 0.05) is 24.7 Å². The topological polar surface area (TPSA) is 78.5 Å². The molecule has 0 bridgehead atoms. The molecule has 0 aromatic heterocycles. The van der Waals surface area contributed by atoms with Crippen LogP contribution in [0.2, 0.25) is 0 Å². The number of carbonyl (C=O) groups is 1. The lowest BCUT2D eigenvalue weighted by atomic mass is 10.0. The van der Waals surface area contributed by atoms with Crippen molar-refractivity contribution in [2.24, 2.45) is 11.8 Å². The van der Waals surface area contributed by atoms with Gasteiger partial charge in [-0.2, -0.15) is 4.31 Å². The summed E-state index contributed by atoms with van der Waals surface area (Å²) in [7, 11) is -3.45. The van der Waals surface area contributed by atoms with Crippen LogP contribution in [0, 0.1) is 11.8 Å². The van der Waals surface area contributed by atoms with Gasteiger partial charge in [-0.3, -0.25) is 4.79 Å². The number of nitrogens with one attached hydrogen (secondary N) is 2. The fourth-order valence-corrected chi connectivity index (χ4v) is 4.49. The van der Waals surface area contributed by atoms with Gasteiger partial charge in [-0.05, 0) is 68.1 Å². The van der Waals surface area contributed by atoms with Gasteiger partial charge in [0.2, 0.25) is 15.9 Å². The van der Waals surface area contributed by atoms with E-state index in [-0.39, 0.29) is 21.8 Å². The van der Waals surface area contributed by atoms with Gasteiger partial charge in [-0.1, -0.05) is 6.92 Å². The van der Waals surface area contributed by atoms with Gasteiger partial charge in [-0.25, -0.2) is 8.42 Å². The molecule has 0 spiro atoms. The van der Waals surface area contributed by atoms with E-state index in [0.717, 1.165) is 25.7 Å². The first kappa shape index (κ1) is 18.3. The van der Waals surface area contributed by atoms with Crippen LogP contribution in [-0.4, -0.2) is 36.8 Å². The van der Waals surface area contributed by atoms with Crippen molar-refractivity contribution in [1.82, 2.24) is 9.62 Å². The van der Waals surface area contributed by atoms with Crippen molar-refractivity contribution >= 4 is 38.9 Å². The van der Waals surface area contributed by atoms with Crippen molar-refractivity contribution in [2.75, 3.05) is 18.4 Å². The highest BCUT2D eigenvalue weighted by atomic mass is 32.2. The van der Waals surface area contributed by atoms with Gasteiger partial charge in [0.1, 0.15) is 0 Å². The Morgan fingerprint density at radius 2 is 1.72 bits per heavy atom. The van der Waals surface area contributed by atoms with Gasteiger partial charge in [0.15, 0.2) is 5.11 Å². The number of carbonyl (C=O) groups excluding carboxylic acids is 1. The van der Waals surface area contributed by atoms with Crippen molar-refractivity contribution in [3.8, 4) is 0 Å². The van der Waals surface area contributed by atoms with Crippen LogP contribution < -0.4 is 10.6 Å². The standard InChI is InChI=1S/C17H23N3O3S2/c1-12-8-10-20(11-9-12)25(22,23)15-6-4-14(5-7-15)18-17(24)19-16(21)13-2-3-13/h4-7,12-13H,2-3,8-11H2,1H3,(H2,18,19,21,24). The summed E-state index contributed by atoms with van der Waals surface area (Å²) in [4.78, 5) is 11.9. The third kappa shape index (κ3) is 4.56. The van der Waals surface area contributed by atoms with Crippen molar-refractivity contribution in [3.05, 3.63) is 24.3 Å². The fraction of sp³-hybridized carbons (Fsp3) is 0.529. The number of hydrogen-bond donors (Lipinski definition) is 2. The van der Waals surface area contributed by atoms with E-state index in [1.807, 2.05) is 0 Å². The fourth-order valence-electron chi connectivity index (χ4n) is 2.81. The number of anilines is 1. The molecule has 8 heteroatoms. The van der Waals surface area contributed by atoms with Gasteiger partial charge < -0.3 is 10.6 Å². The van der Waals surface area contributed by atoms with Gasteiger partial charge in [0.25, 0.3) is 0 Å². The number of thiocarbonyl (C=S) groups is 1. The summed E-state index contributed by atoms with van der Waals surface area (Å²) in [5.74, 6) is 0.598. The molecule has 1 aromatic rings. The second-order valence-corrected chi connectivity index (χ2v) is 9.17. The SMILES string of the molecule is CC1CCN(S(=O)(=O)c2ccc(NC(=S)NC(=O)C3CC3)cc2)CC1. The zero-order chi connectivity index (χ0) is 18.0. The van der Waals surface area contributed by atoms with E-state index in [1.54, 1.807) is 28.6 Å². The van der Waals surface area contributed by atoms with Gasteiger partial charge >= 0.3 is 0 Å². The van der Waals surface area contributed by atoms with E-state index in [1.165, 1.54) is 0 Å². The lowest BCUT2D eigenvalue weighted by molar-refractivity contribution is -0.120. The molecule has 1 amide bonds. The summed E-state index contributed by atoms with van der Waals surface area (Å²) >= 11 is 5.11. The number of benzene rings is 1. The third-order valence-corrected chi connectivity index (χ3v) is 6.79. The van der Waals surface area contributed by atoms with Crippen LogP contribution >= 0.6 is 12.2 Å². The second kappa shape index (κ2) is 7.39. The van der Waals surface area contributed by atoms with E-state index in [4.69, 9.17) is 12.2 Å². The van der Waals surface area contributed by atoms with Crippen LogP contribution in [-0.2, 0) is 14.8 Å². The highest BCUT2D eigenvalue weighted by molar-refractivity contribution is 7.89. The minimum absolute atomic E-state index is 0.0592. The molecule has 1 saturated heterocycles. The number of hydrogen-bond acceptors (Lipinski definition) is 4. The molecule has 0 unspecified atom stereocenters. The summed E-state index contributed by atoms with van der Waals surface area (Å²) in [6, 6.07) is 6.46. The first-order valence-corrected chi connectivity index (χ1v) is 10.4. The summed E-state index contributed by atoms with van der Waals surface area (Å²) < 4.78 is 26.9. The predicted molar refractivity (Wildman–Crippen MR) is 101 cm³/mol. The molecule has 2 aliphatic rings. The van der Waals surface area contributed by atoms with Crippen molar-refractivity contribution < 1.29 is 13.2 Å². The predicted octanol–water partition coefficient (Wildman–Crippen LogP) is 2.33. The number of sulfonamides is 1.